The summed E-state index contributed by atoms with van der Waals surface area (Å²) in [5.41, 5.74) is 25.7. The van der Waals surface area contributed by atoms with Gasteiger partial charge in [-0.05, 0) is 189 Å². The van der Waals surface area contributed by atoms with Gasteiger partial charge in [0.15, 0.2) is 5.78 Å². The normalized spacial score (nSPS) is 15.2. The Morgan fingerprint density at radius 2 is 0.839 bits per heavy atom. The van der Waals surface area contributed by atoms with Gasteiger partial charge < -0.3 is 42.5 Å². The average molecular weight is 767 g/mol. The van der Waals surface area contributed by atoms with E-state index in [1.165, 1.54) is 16.7 Å². The largest absolute Gasteiger partial charge is 0.352 e. The third-order valence-electron chi connectivity index (χ3n) is 11.4. The number of hydrogen-bond donors (Lipinski definition) is 5. The third kappa shape index (κ3) is 11.1. The molecule has 304 valence electrons. The molecule has 11 nitrogen and oxygen atoms in total. The van der Waals surface area contributed by atoms with Crippen LogP contribution in [0.3, 0.4) is 0 Å². The first-order chi connectivity index (χ1) is 27.2. The van der Waals surface area contributed by atoms with Crippen LogP contribution < -0.4 is 27.8 Å². The average Bonchev–Trinajstić information content (AvgIpc) is 3.21. The molecule has 0 saturated carbocycles. The quantitative estimate of drug-likeness (QED) is 0.0435. The zero-order valence-electron chi connectivity index (χ0n) is 34.1. The van der Waals surface area contributed by atoms with Gasteiger partial charge in [0, 0.05) is 48.0 Å². The van der Waals surface area contributed by atoms with Crippen LogP contribution in [-0.2, 0) is 0 Å². The van der Waals surface area contributed by atoms with Crippen LogP contribution in [0.5, 0.6) is 0 Å². The number of unbranched alkanes of at least 4 members (excludes halogenated alkanes) is 1. The van der Waals surface area contributed by atoms with Crippen molar-refractivity contribution in [1.29, 1.82) is 0 Å². The number of hydrogen-bond acceptors (Lipinski definition) is 9. The van der Waals surface area contributed by atoms with Crippen molar-refractivity contribution in [2.24, 2.45) is 17.2 Å². The fraction of sp³-hybridized carbons (Fsp3) is 0.533. The van der Waals surface area contributed by atoms with Crippen molar-refractivity contribution in [3.8, 4) is 0 Å². The maximum Gasteiger partial charge on any atom is 0.251 e. The standard InChI is InChI=1S/C45H66N8O3/c1-51(24-6-18-46)23-5-4-11-41(54)32-12-15-35-38(29-32)43-39-30-33(44(55)49-21-9-27-52(2)25-7-19-47)13-16-36(39)42(35)37-17-14-34(31-40(37)43)45(56)50-22-10-28-53(3)26-8-20-48/h12-17,29-31,42-43H,4-11,18-28,46-48H2,1-3H3,(H,49,55)(H,50,56). The first-order valence-corrected chi connectivity index (χ1v) is 20.8. The van der Waals surface area contributed by atoms with Crippen molar-refractivity contribution in [2.45, 2.75) is 63.2 Å². The van der Waals surface area contributed by atoms with E-state index < -0.39 is 0 Å². The topological polar surface area (TPSA) is 163 Å². The number of ketones is 1. The number of rotatable bonds is 25. The predicted molar refractivity (Wildman–Crippen MR) is 227 cm³/mol. The summed E-state index contributed by atoms with van der Waals surface area (Å²) in [6, 6.07) is 18.3. The van der Waals surface area contributed by atoms with Crippen LogP contribution >= 0.6 is 0 Å². The lowest BCUT2D eigenvalue weighted by atomic mass is 9.60. The Balaban J connectivity index is 1.36. The molecule has 0 spiro atoms. The first kappa shape index (κ1) is 43.2. The molecule has 3 aromatic carbocycles. The molecule has 8 N–H and O–H groups in total. The minimum Gasteiger partial charge on any atom is -0.352 e. The monoisotopic (exact) mass is 767 g/mol. The van der Waals surface area contributed by atoms with Crippen molar-refractivity contribution >= 4 is 17.6 Å². The number of carbonyl (C=O) groups is 3. The molecule has 0 aliphatic heterocycles. The zero-order chi connectivity index (χ0) is 40.0. The van der Waals surface area contributed by atoms with Gasteiger partial charge in [-0.3, -0.25) is 14.4 Å². The smallest absolute Gasteiger partial charge is 0.251 e. The molecule has 0 fully saturated rings. The van der Waals surface area contributed by atoms with Crippen molar-refractivity contribution in [3.05, 3.63) is 105 Å². The van der Waals surface area contributed by atoms with Crippen LogP contribution in [0.2, 0.25) is 0 Å². The minimum absolute atomic E-state index is 0.0597. The fourth-order valence-corrected chi connectivity index (χ4v) is 8.26. The third-order valence-corrected chi connectivity index (χ3v) is 11.4. The molecule has 2 bridgehead atoms. The van der Waals surface area contributed by atoms with Gasteiger partial charge in [-0.25, -0.2) is 0 Å². The molecule has 11 heteroatoms. The molecule has 0 unspecified atom stereocenters. The summed E-state index contributed by atoms with van der Waals surface area (Å²) < 4.78 is 0. The van der Waals surface area contributed by atoms with Gasteiger partial charge in [0.1, 0.15) is 0 Å². The molecule has 0 atom stereocenters. The number of amides is 2. The summed E-state index contributed by atoms with van der Waals surface area (Å²) in [5, 5.41) is 6.25. The molecule has 2 amide bonds. The van der Waals surface area contributed by atoms with Crippen molar-refractivity contribution < 1.29 is 14.4 Å². The molecular weight excluding hydrogens is 701 g/mol. The Morgan fingerprint density at radius 1 is 0.482 bits per heavy atom. The Kier molecular flexibility index (Phi) is 16.6. The second kappa shape index (κ2) is 21.5. The minimum atomic E-state index is -0.211. The lowest BCUT2D eigenvalue weighted by Crippen LogP contribution is -2.31. The van der Waals surface area contributed by atoms with Crippen molar-refractivity contribution in [2.75, 3.05) is 93.1 Å². The van der Waals surface area contributed by atoms with Gasteiger partial charge in [0.25, 0.3) is 11.8 Å². The molecule has 3 aliphatic carbocycles. The molecule has 6 rings (SSSR count). The van der Waals surface area contributed by atoms with Gasteiger partial charge in [0.05, 0.1) is 0 Å². The van der Waals surface area contributed by atoms with E-state index in [1.54, 1.807) is 0 Å². The maximum absolute atomic E-state index is 13.6. The van der Waals surface area contributed by atoms with Gasteiger partial charge in [-0.2, -0.15) is 0 Å². The van der Waals surface area contributed by atoms with Gasteiger partial charge in [-0.15, -0.1) is 0 Å². The molecule has 0 saturated heterocycles. The molecule has 3 aromatic rings. The van der Waals surface area contributed by atoms with Crippen LogP contribution in [0.25, 0.3) is 0 Å². The Labute approximate surface area is 334 Å². The molecule has 0 radical (unpaired) electrons. The highest BCUT2D eigenvalue weighted by molar-refractivity contribution is 5.98. The number of nitrogens with one attached hydrogen (secondary N) is 2. The highest BCUT2D eigenvalue weighted by atomic mass is 16.2. The van der Waals surface area contributed by atoms with E-state index in [1.807, 2.05) is 30.3 Å². The van der Waals surface area contributed by atoms with Crippen LogP contribution in [-0.4, -0.2) is 125 Å². The number of nitrogens with two attached hydrogens (primary N) is 3. The SMILES string of the molecule is CN(CCCN)CCCCC(=O)c1ccc2c(c1)C1c3cc(C(=O)NCCCN(C)CCCN)ccc3C2c2ccc(C(=O)NCCCN(C)CCCN)cc21. The van der Waals surface area contributed by atoms with Gasteiger partial charge in [0.2, 0.25) is 0 Å². The fourth-order valence-electron chi connectivity index (χ4n) is 8.26. The molecule has 3 aliphatic rings. The highest BCUT2D eigenvalue weighted by Gasteiger charge is 2.42. The number of benzene rings is 3. The maximum atomic E-state index is 13.6. The van der Waals surface area contributed by atoms with Crippen molar-refractivity contribution in [3.63, 3.8) is 0 Å². The van der Waals surface area contributed by atoms with E-state index in [0.29, 0.717) is 55.8 Å². The van der Waals surface area contributed by atoms with E-state index >= 15 is 0 Å². The van der Waals surface area contributed by atoms with Crippen LogP contribution in [0.1, 0.15) is 128 Å². The summed E-state index contributed by atoms with van der Waals surface area (Å²) in [6.45, 7) is 8.76. The Morgan fingerprint density at radius 3 is 1.27 bits per heavy atom. The molecule has 0 aromatic heterocycles. The van der Waals surface area contributed by atoms with E-state index in [9.17, 15) is 14.4 Å². The van der Waals surface area contributed by atoms with E-state index in [4.69, 9.17) is 17.2 Å². The summed E-state index contributed by atoms with van der Waals surface area (Å²) in [6.07, 6.45) is 6.84. The number of Topliss-reactive ketones (excluding diaryl/α,β-unsaturated/α-hetero) is 1. The van der Waals surface area contributed by atoms with Crippen LogP contribution in [0, 0.1) is 0 Å². The van der Waals surface area contributed by atoms with Gasteiger partial charge in [-0.1, -0.05) is 24.3 Å². The second-order valence-electron chi connectivity index (χ2n) is 15.8. The predicted octanol–water partition coefficient (Wildman–Crippen LogP) is 4.11. The van der Waals surface area contributed by atoms with E-state index in [-0.39, 0.29) is 29.4 Å². The summed E-state index contributed by atoms with van der Waals surface area (Å²) in [5.74, 6) is -0.326. The number of nitrogens with zero attached hydrogens (tertiary/aromatic N) is 3. The molecule has 56 heavy (non-hydrogen) atoms. The van der Waals surface area contributed by atoms with E-state index in [0.717, 1.165) is 101 Å². The Bertz CT molecular complexity index is 1580. The lowest BCUT2D eigenvalue weighted by Gasteiger charge is -2.42. The zero-order valence-corrected chi connectivity index (χ0v) is 34.1. The summed E-state index contributed by atoms with van der Waals surface area (Å²) in [4.78, 5) is 47.4. The van der Waals surface area contributed by atoms with E-state index in [2.05, 4.69) is 70.7 Å². The lowest BCUT2D eigenvalue weighted by molar-refractivity contribution is 0.0944. The van der Waals surface area contributed by atoms with Gasteiger partial charge >= 0.3 is 0 Å². The summed E-state index contributed by atoms with van der Waals surface area (Å²) >= 11 is 0. The van der Waals surface area contributed by atoms with Crippen LogP contribution in [0.15, 0.2) is 54.6 Å². The first-order valence-electron chi connectivity index (χ1n) is 20.8. The highest BCUT2D eigenvalue weighted by Crippen LogP contribution is 2.56. The number of carbonyl (C=O) groups excluding carboxylic acids is 3. The molecular formula is C45H66N8O3. The van der Waals surface area contributed by atoms with Crippen LogP contribution in [0.4, 0.5) is 0 Å². The molecule has 0 heterocycles. The Hall–Kier alpha value is -3.97. The second-order valence-corrected chi connectivity index (χ2v) is 15.8. The van der Waals surface area contributed by atoms with Crippen molar-refractivity contribution in [1.82, 2.24) is 25.3 Å². The summed E-state index contributed by atoms with van der Waals surface area (Å²) in [7, 11) is 6.26.